The van der Waals surface area contributed by atoms with Crippen LogP contribution in [0.1, 0.15) is 12.8 Å². The first kappa shape index (κ1) is 15.3. The zero-order valence-corrected chi connectivity index (χ0v) is 13.0. The minimum absolute atomic E-state index is 0.0275. The molecule has 1 aromatic carbocycles. The zero-order chi connectivity index (χ0) is 15.9. The quantitative estimate of drug-likeness (QED) is 0.941. The van der Waals surface area contributed by atoms with Gasteiger partial charge >= 0.3 is 6.03 Å². The Morgan fingerprint density at radius 1 is 1.13 bits per heavy atom. The lowest BCUT2D eigenvalue weighted by Gasteiger charge is -2.31. The van der Waals surface area contributed by atoms with Gasteiger partial charge in [-0.05, 0) is 37.0 Å². The Morgan fingerprint density at radius 2 is 1.87 bits per heavy atom. The van der Waals surface area contributed by atoms with Crippen LogP contribution in [0.2, 0.25) is 0 Å². The van der Waals surface area contributed by atoms with Crippen molar-refractivity contribution in [2.45, 2.75) is 12.8 Å². The van der Waals surface area contributed by atoms with E-state index in [1.165, 1.54) is 0 Å². The first-order valence-corrected chi connectivity index (χ1v) is 7.96. The highest BCUT2D eigenvalue weighted by atomic mass is 16.5. The molecule has 1 aromatic heterocycles. The summed E-state index contributed by atoms with van der Waals surface area (Å²) >= 11 is 0. The van der Waals surface area contributed by atoms with Gasteiger partial charge in [-0.3, -0.25) is 0 Å². The summed E-state index contributed by atoms with van der Waals surface area (Å²) < 4.78 is 5.71. The fourth-order valence-electron chi connectivity index (χ4n) is 2.66. The second kappa shape index (κ2) is 7.63. The number of urea groups is 1. The SMILES string of the molecule is O=C(Nc1ccccc1)N1CCC(COc2ccccn2)CC1. The summed E-state index contributed by atoms with van der Waals surface area (Å²) in [7, 11) is 0. The summed E-state index contributed by atoms with van der Waals surface area (Å²) in [4.78, 5) is 18.2. The molecule has 2 amide bonds. The Balaban J connectivity index is 1.42. The van der Waals surface area contributed by atoms with Gasteiger partial charge in [0.25, 0.3) is 0 Å². The van der Waals surface area contributed by atoms with Crippen molar-refractivity contribution in [1.82, 2.24) is 9.88 Å². The third-order valence-electron chi connectivity index (χ3n) is 4.03. The van der Waals surface area contributed by atoms with Crippen LogP contribution in [0.3, 0.4) is 0 Å². The summed E-state index contributed by atoms with van der Waals surface area (Å²) in [5.74, 6) is 1.13. The van der Waals surface area contributed by atoms with Crippen molar-refractivity contribution >= 4 is 11.7 Å². The zero-order valence-electron chi connectivity index (χ0n) is 13.0. The normalized spacial score (nSPS) is 15.2. The minimum Gasteiger partial charge on any atom is -0.477 e. The number of hydrogen-bond acceptors (Lipinski definition) is 3. The van der Waals surface area contributed by atoms with Gasteiger partial charge < -0.3 is 15.0 Å². The van der Waals surface area contributed by atoms with Gasteiger partial charge in [-0.2, -0.15) is 0 Å². The number of rotatable bonds is 4. The van der Waals surface area contributed by atoms with Crippen molar-refractivity contribution in [2.24, 2.45) is 5.92 Å². The summed E-state index contributed by atoms with van der Waals surface area (Å²) in [5.41, 5.74) is 0.832. The molecule has 0 atom stereocenters. The van der Waals surface area contributed by atoms with Crippen LogP contribution < -0.4 is 10.1 Å². The lowest BCUT2D eigenvalue weighted by molar-refractivity contribution is 0.150. The molecule has 2 heterocycles. The molecule has 1 aliphatic rings. The van der Waals surface area contributed by atoms with Gasteiger partial charge in [0, 0.05) is 31.0 Å². The molecule has 0 saturated carbocycles. The van der Waals surface area contributed by atoms with Gasteiger partial charge in [0.05, 0.1) is 6.61 Å². The van der Waals surface area contributed by atoms with Gasteiger partial charge in [0.1, 0.15) is 0 Å². The molecule has 120 valence electrons. The number of anilines is 1. The summed E-state index contributed by atoms with van der Waals surface area (Å²) in [6.07, 6.45) is 3.63. The van der Waals surface area contributed by atoms with E-state index in [1.54, 1.807) is 6.20 Å². The molecule has 5 nitrogen and oxygen atoms in total. The molecule has 0 unspecified atom stereocenters. The molecule has 23 heavy (non-hydrogen) atoms. The third kappa shape index (κ3) is 4.45. The maximum atomic E-state index is 12.2. The molecule has 0 aliphatic carbocycles. The number of amides is 2. The highest BCUT2D eigenvalue weighted by Crippen LogP contribution is 2.19. The average molecular weight is 311 g/mol. The predicted molar refractivity (Wildman–Crippen MR) is 89.5 cm³/mol. The molecule has 1 aliphatic heterocycles. The Labute approximate surface area is 136 Å². The summed E-state index contributed by atoms with van der Waals surface area (Å²) in [6, 6.07) is 15.2. The molecule has 0 bridgehead atoms. The Morgan fingerprint density at radius 3 is 2.57 bits per heavy atom. The van der Waals surface area contributed by atoms with E-state index in [4.69, 9.17) is 4.74 Å². The van der Waals surface area contributed by atoms with E-state index in [0.29, 0.717) is 18.4 Å². The number of aromatic nitrogens is 1. The fourth-order valence-corrected chi connectivity index (χ4v) is 2.66. The van der Waals surface area contributed by atoms with Crippen LogP contribution in [0.4, 0.5) is 10.5 Å². The van der Waals surface area contributed by atoms with E-state index in [1.807, 2.05) is 53.4 Å². The van der Waals surface area contributed by atoms with E-state index >= 15 is 0 Å². The highest BCUT2D eigenvalue weighted by Gasteiger charge is 2.23. The molecule has 2 aromatic rings. The second-order valence-corrected chi connectivity index (χ2v) is 5.71. The predicted octanol–water partition coefficient (Wildman–Crippen LogP) is 3.40. The van der Waals surface area contributed by atoms with E-state index in [9.17, 15) is 4.79 Å². The lowest BCUT2D eigenvalue weighted by Crippen LogP contribution is -2.42. The summed E-state index contributed by atoms with van der Waals surface area (Å²) in [5, 5.41) is 2.93. The Kier molecular flexibility index (Phi) is 5.09. The molecule has 1 fully saturated rings. The number of ether oxygens (including phenoxy) is 1. The Bertz CT molecular complexity index is 611. The largest absolute Gasteiger partial charge is 0.477 e. The molecule has 1 N–H and O–H groups in total. The number of pyridine rings is 1. The van der Waals surface area contributed by atoms with Crippen LogP contribution >= 0.6 is 0 Å². The van der Waals surface area contributed by atoms with E-state index in [-0.39, 0.29) is 6.03 Å². The first-order chi connectivity index (χ1) is 11.3. The lowest BCUT2D eigenvalue weighted by atomic mass is 9.98. The third-order valence-corrected chi connectivity index (χ3v) is 4.03. The van der Waals surface area contributed by atoms with Crippen molar-refractivity contribution in [3.63, 3.8) is 0 Å². The highest BCUT2D eigenvalue weighted by molar-refractivity contribution is 5.89. The number of nitrogens with one attached hydrogen (secondary N) is 1. The smallest absolute Gasteiger partial charge is 0.321 e. The topological polar surface area (TPSA) is 54.5 Å². The van der Waals surface area contributed by atoms with Crippen molar-refractivity contribution in [3.05, 3.63) is 54.7 Å². The van der Waals surface area contributed by atoms with Gasteiger partial charge in [0.2, 0.25) is 5.88 Å². The summed E-state index contributed by atoms with van der Waals surface area (Å²) in [6.45, 7) is 2.18. The molecule has 3 rings (SSSR count). The van der Waals surface area contributed by atoms with Gasteiger partial charge in [-0.15, -0.1) is 0 Å². The average Bonchev–Trinajstić information content (AvgIpc) is 2.62. The molecule has 0 spiro atoms. The van der Waals surface area contributed by atoms with Crippen LogP contribution in [-0.4, -0.2) is 35.6 Å². The number of piperidine rings is 1. The van der Waals surface area contributed by atoms with Crippen molar-refractivity contribution in [1.29, 1.82) is 0 Å². The van der Waals surface area contributed by atoms with Crippen molar-refractivity contribution in [3.8, 4) is 5.88 Å². The first-order valence-electron chi connectivity index (χ1n) is 7.96. The fraction of sp³-hybridized carbons (Fsp3) is 0.333. The molecule has 5 heteroatoms. The monoisotopic (exact) mass is 311 g/mol. The van der Waals surface area contributed by atoms with E-state index < -0.39 is 0 Å². The number of carbonyl (C=O) groups excluding carboxylic acids is 1. The van der Waals surface area contributed by atoms with Crippen LogP contribution in [0.5, 0.6) is 5.88 Å². The van der Waals surface area contributed by atoms with Crippen molar-refractivity contribution < 1.29 is 9.53 Å². The maximum absolute atomic E-state index is 12.2. The Hall–Kier alpha value is -2.56. The van der Waals surface area contributed by atoms with Gasteiger partial charge in [-0.25, -0.2) is 9.78 Å². The molecular weight excluding hydrogens is 290 g/mol. The molecular formula is C18H21N3O2. The second-order valence-electron chi connectivity index (χ2n) is 5.71. The van der Waals surface area contributed by atoms with Gasteiger partial charge in [-0.1, -0.05) is 24.3 Å². The molecule has 1 saturated heterocycles. The number of para-hydroxylation sites is 1. The maximum Gasteiger partial charge on any atom is 0.321 e. The van der Waals surface area contributed by atoms with Crippen molar-refractivity contribution in [2.75, 3.05) is 25.0 Å². The standard InChI is InChI=1S/C18H21N3O2/c22-18(20-16-6-2-1-3-7-16)21-12-9-15(10-13-21)14-23-17-8-4-5-11-19-17/h1-8,11,15H,9-10,12-14H2,(H,20,22). The number of nitrogens with zero attached hydrogens (tertiary/aromatic N) is 2. The van der Waals surface area contributed by atoms with Gasteiger partial charge in [0.15, 0.2) is 0 Å². The minimum atomic E-state index is -0.0275. The van der Waals surface area contributed by atoms with Crippen LogP contribution in [0, 0.1) is 5.92 Å². The van der Waals surface area contributed by atoms with E-state index in [2.05, 4.69) is 10.3 Å². The number of carbonyl (C=O) groups is 1. The number of benzene rings is 1. The number of likely N-dealkylation sites (tertiary alicyclic amines) is 1. The van der Waals surface area contributed by atoms with Crippen LogP contribution in [0.25, 0.3) is 0 Å². The van der Waals surface area contributed by atoms with E-state index in [0.717, 1.165) is 31.6 Å². The van der Waals surface area contributed by atoms with Crippen LogP contribution in [0.15, 0.2) is 54.7 Å². The van der Waals surface area contributed by atoms with Crippen LogP contribution in [-0.2, 0) is 0 Å². The number of hydrogen-bond donors (Lipinski definition) is 1. The molecule has 0 radical (unpaired) electrons.